The van der Waals surface area contributed by atoms with Gasteiger partial charge in [-0.2, -0.15) is 0 Å². The smallest absolute Gasteiger partial charge is 0.251 e. The zero-order chi connectivity index (χ0) is 21.5. The number of benzene rings is 2. The second-order valence-corrected chi connectivity index (χ2v) is 8.77. The van der Waals surface area contributed by atoms with E-state index in [-0.39, 0.29) is 11.8 Å². The van der Waals surface area contributed by atoms with Crippen LogP contribution >= 0.6 is 0 Å². The first-order chi connectivity index (χ1) is 15.2. The van der Waals surface area contributed by atoms with Gasteiger partial charge in [0, 0.05) is 23.2 Å². The maximum atomic E-state index is 12.4. The third kappa shape index (κ3) is 6.09. The predicted molar refractivity (Wildman–Crippen MR) is 122 cm³/mol. The topological polar surface area (TPSA) is 67.4 Å². The Hall–Kier alpha value is -2.82. The van der Waals surface area contributed by atoms with Crippen molar-refractivity contribution in [1.82, 2.24) is 10.6 Å². The van der Waals surface area contributed by atoms with Gasteiger partial charge in [0.1, 0.15) is 11.5 Å². The van der Waals surface area contributed by atoms with Crippen LogP contribution in [0.15, 0.2) is 48.5 Å². The second-order valence-electron chi connectivity index (χ2n) is 8.77. The van der Waals surface area contributed by atoms with Gasteiger partial charge >= 0.3 is 0 Å². The molecule has 2 aliphatic carbocycles. The van der Waals surface area contributed by atoms with Crippen LogP contribution in [-0.2, 0) is 0 Å². The van der Waals surface area contributed by atoms with Gasteiger partial charge in [-0.15, -0.1) is 0 Å². The molecular weight excluding hydrogens is 388 g/mol. The van der Waals surface area contributed by atoms with Crippen LogP contribution in [0.25, 0.3) is 0 Å². The van der Waals surface area contributed by atoms with Crippen LogP contribution in [-0.4, -0.2) is 23.9 Å². The molecule has 0 radical (unpaired) electrons. The van der Waals surface area contributed by atoms with Crippen molar-refractivity contribution in [2.45, 2.75) is 76.3 Å². The first kappa shape index (κ1) is 21.4. The van der Waals surface area contributed by atoms with Crippen LogP contribution in [0.5, 0.6) is 11.5 Å². The molecule has 2 amide bonds. The first-order valence-electron chi connectivity index (χ1n) is 11.7. The summed E-state index contributed by atoms with van der Waals surface area (Å²) in [7, 11) is 0. The van der Waals surface area contributed by atoms with Crippen molar-refractivity contribution in [1.29, 1.82) is 0 Å². The molecule has 0 spiro atoms. The molecule has 2 aromatic rings. The fraction of sp³-hybridized carbons (Fsp3) is 0.462. The number of hydrogen-bond donors (Lipinski definition) is 2. The van der Waals surface area contributed by atoms with Crippen molar-refractivity contribution in [3.63, 3.8) is 0 Å². The molecule has 0 heterocycles. The van der Waals surface area contributed by atoms with Crippen molar-refractivity contribution in [2.75, 3.05) is 0 Å². The molecule has 0 atom stereocenters. The molecule has 2 N–H and O–H groups in total. The summed E-state index contributed by atoms with van der Waals surface area (Å²) in [6, 6.07) is 15.0. The van der Waals surface area contributed by atoms with Crippen molar-refractivity contribution in [3.05, 3.63) is 59.7 Å². The lowest BCUT2D eigenvalue weighted by Gasteiger charge is -2.22. The minimum Gasteiger partial charge on any atom is -0.457 e. The number of ether oxygens (including phenoxy) is 1. The number of carbonyl (C=O) groups excluding carboxylic acids is 2. The van der Waals surface area contributed by atoms with E-state index in [1.54, 1.807) is 48.5 Å². The number of amides is 2. The summed E-state index contributed by atoms with van der Waals surface area (Å²) in [5, 5.41) is 6.27. The van der Waals surface area contributed by atoms with Gasteiger partial charge in [-0.1, -0.05) is 38.5 Å². The summed E-state index contributed by atoms with van der Waals surface area (Å²) >= 11 is 0. The highest BCUT2D eigenvalue weighted by molar-refractivity contribution is 5.95. The number of nitrogens with one attached hydrogen (secondary N) is 2. The molecular formula is C26H32N2O3. The summed E-state index contributed by atoms with van der Waals surface area (Å²) in [5.41, 5.74) is 1.29. The van der Waals surface area contributed by atoms with Crippen LogP contribution in [0.1, 0.15) is 84.9 Å². The van der Waals surface area contributed by atoms with Gasteiger partial charge in [-0.25, -0.2) is 0 Å². The Bertz CT molecular complexity index is 791. The number of rotatable bonds is 6. The monoisotopic (exact) mass is 420 g/mol. The molecule has 2 fully saturated rings. The Morgan fingerprint density at radius 2 is 0.935 bits per heavy atom. The lowest BCUT2D eigenvalue weighted by Crippen LogP contribution is -2.36. The van der Waals surface area contributed by atoms with Gasteiger partial charge in [0.25, 0.3) is 11.8 Å². The van der Waals surface area contributed by atoms with E-state index in [1.807, 2.05) is 0 Å². The quantitative estimate of drug-likeness (QED) is 0.639. The van der Waals surface area contributed by atoms with Crippen molar-refractivity contribution in [3.8, 4) is 11.5 Å². The van der Waals surface area contributed by atoms with Crippen LogP contribution in [0.4, 0.5) is 0 Å². The lowest BCUT2D eigenvalue weighted by molar-refractivity contribution is 0.0919. The number of hydrogen-bond acceptors (Lipinski definition) is 3. The molecule has 0 aliphatic heterocycles. The second kappa shape index (κ2) is 10.5. The molecule has 0 saturated heterocycles. The Balaban J connectivity index is 1.29. The van der Waals surface area contributed by atoms with E-state index in [0.29, 0.717) is 34.7 Å². The molecule has 2 aliphatic rings. The van der Waals surface area contributed by atoms with E-state index in [4.69, 9.17) is 4.74 Å². The minimum absolute atomic E-state index is 0.0215. The Kier molecular flexibility index (Phi) is 7.23. The zero-order valence-corrected chi connectivity index (χ0v) is 18.1. The van der Waals surface area contributed by atoms with E-state index in [2.05, 4.69) is 10.6 Å². The van der Waals surface area contributed by atoms with E-state index in [9.17, 15) is 9.59 Å². The van der Waals surface area contributed by atoms with Crippen molar-refractivity contribution in [2.24, 2.45) is 0 Å². The SMILES string of the molecule is O=C(NC1CCCCC1)c1ccc(Oc2ccc(C(=O)NC3CCCCC3)cc2)cc1. The van der Waals surface area contributed by atoms with Gasteiger partial charge in [-0.3, -0.25) is 9.59 Å². The van der Waals surface area contributed by atoms with E-state index >= 15 is 0 Å². The van der Waals surface area contributed by atoms with Gasteiger partial charge in [0.05, 0.1) is 0 Å². The van der Waals surface area contributed by atoms with Crippen molar-refractivity contribution >= 4 is 11.8 Å². The van der Waals surface area contributed by atoms with Crippen molar-refractivity contribution < 1.29 is 14.3 Å². The summed E-state index contributed by atoms with van der Waals surface area (Å²) in [6.07, 6.45) is 11.6. The minimum atomic E-state index is -0.0215. The van der Waals surface area contributed by atoms with Gasteiger partial charge in [-0.05, 0) is 74.2 Å². The number of carbonyl (C=O) groups is 2. The molecule has 31 heavy (non-hydrogen) atoms. The molecule has 0 bridgehead atoms. The van der Waals surface area contributed by atoms with Crippen LogP contribution in [0.2, 0.25) is 0 Å². The van der Waals surface area contributed by atoms with Gasteiger partial charge in [0.2, 0.25) is 0 Å². The van der Waals surface area contributed by atoms with Crippen LogP contribution < -0.4 is 15.4 Å². The third-order valence-electron chi connectivity index (χ3n) is 6.35. The maximum Gasteiger partial charge on any atom is 0.251 e. The largest absolute Gasteiger partial charge is 0.457 e. The standard InChI is InChI=1S/C26H32N2O3/c29-25(27-21-7-3-1-4-8-21)19-11-15-23(16-12-19)31-24-17-13-20(14-18-24)26(30)28-22-9-5-2-6-10-22/h11-18,21-22H,1-10H2,(H,27,29)(H,28,30). The predicted octanol–water partition coefficient (Wildman–Crippen LogP) is 5.60. The average molecular weight is 421 g/mol. The molecule has 164 valence electrons. The van der Waals surface area contributed by atoms with E-state index in [1.165, 1.54) is 38.5 Å². The van der Waals surface area contributed by atoms with Crippen LogP contribution in [0.3, 0.4) is 0 Å². The molecule has 4 rings (SSSR count). The molecule has 0 aromatic heterocycles. The first-order valence-corrected chi connectivity index (χ1v) is 11.7. The highest BCUT2D eigenvalue weighted by atomic mass is 16.5. The van der Waals surface area contributed by atoms with E-state index < -0.39 is 0 Å². The molecule has 5 heteroatoms. The third-order valence-corrected chi connectivity index (χ3v) is 6.35. The fourth-order valence-electron chi connectivity index (χ4n) is 4.52. The zero-order valence-electron chi connectivity index (χ0n) is 18.1. The Labute approximate surface area is 184 Å². The van der Waals surface area contributed by atoms with Gasteiger partial charge in [0.15, 0.2) is 0 Å². The molecule has 2 saturated carbocycles. The Morgan fingerprint density at radius 3 is 1.29 bits per heavy atom. The summed E-state index contributed by atoms with van der Waals surface area (Å²) in [4.78, 5) is 24.9. The Morgan fingerprint density at radius 1 is 0.581 bits per heavy atom. The van der Waals surface area contributed by atoms with E-state index in [0.717, 1.165) is 25.7 Å². The fourth-order valence-corrected chi connectivity index (χ4v) is 4.52. The molecule has 2 aromatic carbocycles. The average Bonchev–Trinajstić information content (AvgIpc) is 2.81. The lowest BCUT2D eigenvalue weighted by atomic mass is 9.95. The van der Waals surface area contributed by atoms with Gasteiger partial charge < -0.3 is 15.4 Å². The highest BCUT2D eigenvalue weighted by Crippen LogP contribution is 2.23. The summed E-state index contributed by atoms with van der Waals surface area (Å²) < 4.78 is 5.88. The normalized spacial score (nSPS) is 17.7. The summed E-state index contributed by atoms with van der Waals surface area (Å²) in [6.45, 7) is 0. The molecule has 5 nitrogen and oxygen atoms in total. The maximum absolute atomic E-state index is 12.4. The van der Waals surface area contributed by atoms with Crippen LogP contribution in [0, 0.1) is 0 Å². The highest BCUT2D eigenvalue weighted by Gasteiger charge is 2.18. The summed E-state index contributed by atoms with van der Waals surface area (Å²) in [5.74, 6) is 1.28. The molecule has 0 unspecified atom stereocenters.